The molecular weight excluding hydrogens is 470 g/mol. The van der Waals surface area contributed by atoms with Crippen molar-refractivity contribution in [3.05, 3.63) is 164 Å². The first kappa shape index (κ1) is 23.0. The van der Waals surface area contributed by atoms with Crippen LogP contribution in [0.2, 0.25) is 0 Å². The molecule has 0 spiro atoms. The summed E-state index contributed by atoms with van der Waals surface area (Å²) in [6, 6.07) is 58.7. The third-order valence-electron chi connectivity index (χ3n) is 7.41. The van der Waals surface area contributed by atoms with Crippen LogP contribution in [0.1, 0.15) is 0 Å². The Balaban J connectivity index is 1.27. The van der Waals surface area contributed by atoms with E-state index < -0.39 is 0 Å². The third kappa shape index (κ3) is 4.56. The van der Waals surface area contributed by atoms with Crippen LogP contribution in [0.4, 0.5) is 17.1 Å². The van der Waals surface area contributed by atoms with Crippen LogP contribution in [0.3, 0.4) is 0 Å². The van der Waals surface area contributed by atoms with Crippen LogP contribution in [-0.4, -0.2) is 0 Å². The number of para-hydroxylation sites is 1. The zero-order valence-corrected chi connectivity index (χ0v) is 21.5. The van der Waals surface area contributed by atoms with Gasteiger partial charge in [-0.05, 0) is 92.3 Å². The van der Waals surface area contributed by atoms with E-state index in [2.05, 4.69) is 169 Å². The molecule has 1 heteroatoms. The number of benzene rings is 7. The van der Waals surface area contributed by atoms with Crippen molar-refractivity contribution in [3.63, 3.8) is 0 Å². The summed E-state index contributed by atoms with van der Waals surface area (Å²) in [7, 11) is 0. The van der Waals surface area contributed by atoms with Crippen LogP contribution in [-0.2, 0) is 0 Å². The summed E-state index contributed by atoms with van der Waals surface area (Å²) in [6.07, 6.45) is 0. The first-order chi connectivity index (χ1) is 19.3. The summed E-state index contributed by atoms with van der Waals surface area (Å²) in [5.41, 5.74) is 8.32. The van der Waals surface area contributed by atoms with E-state index in [1.165, 1.54) is 43.8 Å². The van der Waals surface area contributed by atoms with E-state index in [1.54, 1.807) is 0 Å². The average molecular weight is 498 g/mol. The van der Waals surface area contributed by atoms with Gasteiger partial charge in [-0.1, -0.05) is 115 Å². The van der Waals surface area contributed by atoms with Crippen LogP contribution in [0, 0.1) is 0 Å². The first-order valence-electron chi connectivity index (χ1n) is 13.4. The molecular formula is C38H27N. The smallest absolute Gasteiger partial charge is 0.0468 e. The molecule has 7 aromatic carbocycles. The van der Waals surface area contributed by atoms with Crippen molar-refractivity contribution in [1.82, 2.24) is 0 Å². The van der Waals surface area contributed by atoms with E-state index in [9.17, 15) is 0 Å². The topological polar surface area (TPSA) is 3.24 Å². The molecule has 7 aromatic rings. The van der Waals surface area contributed by atoms with Gasteiger partial charge in [0.1, 0.15) is 0 Å². The number of hydrogen-bond acceptors (Lipinski definition) is 1. The van der Waals surface area contributed by atoms with Crippen molar-refractivity contribution < 1.29 is 0 Å². The Morgan fingerprint density at radius 1 is 0.256 bits per heavy atom. The van der Waals surface area contributed by atoms with Gasteiger partial charge in [-0.25, -0.2) is 0 Å². The van der Waals surface area contributed by atoms with E-state index in [4.69, 9.17) is 0 Å². The number of fused-ring (bicyclic) bond motifs is 2. The Labute approximate surface area is 229 Å². The van der Waals surface area contributed by atoms with Gasteiger partial charge < -0.3 is 4.90 Å². The predicted molar refractivity (Wildman–Crippen MR) is 167 cm³/mol. The summed E-state index contributed by atoms with van der Waals surface area (Å²) in [6.45, 7) is 0. The number of rotatable bonds is 5. The first-order valence-corrected chi connectivity index (χ1v) is 13.4. The van der Waals surface area contributed by atoms with Crippen LogP contribution < -0.4 is 4.90 Å². The molecule has 0 fully saturated rings. The van der Waals surface area contributed by atoms with Crippen molar-refractivity contribution >= 4 is 38.6 Å². The Morgan fingerprint density at radius 2 is 0.692 bits per heavy atom. The van der Waals surface area contributed by atoms with Gasteiger partial charge in [-0.15, -0.1) is 0 Å². The highest BCUT2D eigenvalue weighted by Crippen LogP contribution is 2.37. The molecule has 0 heterocycles. The molecule has 0 N–H and O–H groups in total. The Bertz CT molecular complexity index is 1890. The molecule has 0 aliphatic carbocycles. The maximum absolute atomic E-state index is 2.32. The van der Waals surface area contributed by atoms with Gasteiger partial charge in [0.25, 0.3) is 0 Å². The van der Waals surface area contributed by atoms with Gasteiger partial charge in [-0.2, -0.15) is 0 Å². The lowest BCUT2D eigenvalue weighted by Crippen LogP contribution is -2.09. The highest BCUT2D eigenvalue weighted by Gasteiger charge is 2.13. The Kier molecular flexibility index (Phi) is 5.88. The van der Waals surface area contributed by atoms with Crippen molar-refractivity contribution in [2.24, 2.45) is 0 Å². The van der Waals surface area contributed by atoms with Gasteiger partial charge >= 0.3 is 0 Å². The van der Waals surface area contributed by atoms with Gasteiger partial charge in [-0.3, -0.25) is 0 Å². The molecule has 0 radical (unpaired) electrons. The van der Waals surface area contributed by atoms with Gasteiger partial charge in [0, 0.05) is 17.1 Å². The largest absolute Gasteiger partial charge is 0.310 e. The minimum absolute atomic E-state index is 1.13. The molecule has 0 aliphatic heterocycles. The zero-order chi connectivity index (χ0) is 26.0. The Morgan fingerprint density at radius 3 is 1.41 bits per heavy atom. The molecule has 0 aliphatic rings. The fourth-order valence-corrected chi connectivity index (χ4v) is 5.38. The average Bonchev–Trinajstić information content (AvgIpc) is 3.02. The molecule has 39 heavy (non-hydrogen) atoms. The Hall–Kier alpha value is -5.14. The maximum Gasteiger partial charge on any atom is 0.0468 e. The summed E-state index contributed by atoms with van der Waals surface area (Å²) in [5.74, 6) is 0. The second-order valence-electron chi connectivity index (χ2n) is 9.89. The molecule has 1 nitrogen and oxygen atoms in total. The number of hydrogen-bond donors (Lipinski definition) is 0. The monoisotopic (exact) mass is 497 g/mol. The lowest BCUT2D eigenvalue weighted by molar-refractivity contribution is 1.29. The minimum atomic E-state index is 1.13. The van der Waals surface area contributed by atoms with E-state index in [-0.39, 0.29) is 0 Å². The summed E-state index contributed by atoms with van der Waals surface area (Å²) in [5, 5.41) is 4.99. The number of anilines is 3. The molecule has 0 bridgehead atoms. The summed E-state index contributed by atoms with van der Waals surface area (Å²) < 4.78 is 0. The van der Waals surface area contributed by atoms with Gasteiger partial charge in [0.05, 0.1) is 0 Å². The highest BCUT2D eigenvalue weighted by atomic mass is 15.1. The van der Waals surface area contributed by atoms with Crippen LogP contribution >= 0.6 is 0 Å². The van der Waals surface area contributed by atoms with E-state index in [1.807, 2.05) is 0 Å². The van der Waals surface area contributed by atoms with Crippen LogP contribution in [0.25, 0.3) is 43.8 Å². The molecule has 0 unspecified atom stereocenters. The molecule has 0 amide bonds. The standard InChI is InChI=1S/C38H27N/c1-3-9-28(10-4-1)30-19-22-37(23-20-30)39(36-13-5-2-6-14-36)38-24-21-34-26-33(17-18-35(34)27-38)32-16-15-29-11-7-8-12-31(29)25-32/h1-27H. The van der Waals surface area contributed by atoms with Crippen molar-refractivity contribution in [1.29, 1.82) is 0 Å². The molecule has 0 atom stereocenters. The van der Waals surface area contributed by atoms with E-state index in [0.29, 0.717) is 0 Å². The van der Waals surface area contributed by atoms with Crippen LogP contribution in [0.5, 0.6) is 0 Å². The van der Waals surface area contributed by atoms with Crippen LogP contribution in [0.15, 0.2) is 164 Å². The highest BCUT2D eigenvalue weighted by molar-refractivity contribution is 5.94. The van der Waals surface area contributed by atoms with Crippen molar-refractivity contribution in [2.75, 3.05) is 4.90 Å². The van der Waals surface area contributed by atoms with Gasteiger partial charge in [0.15, 0.2) is 0 Å². The quantitative estimate of drug-likeness (QED) is 0.229. The predicted octanol–water partition coefficient (Wildman–Crippen LogP) is 10.8. The maximum atomic E-state index is 2.32. The zero-order valence-electron chi connectivity index (χ0n) is 21.5. The third-order valence-corrected chi connectivity index (χ3v) is 7.41. The van der Waals surface area contributed by atoms with E-state index in [0.717, 1.165) is 17.1 Å². The van der Waals surface area contributed by atoms with Crippen molar-refractivity contribution in [3.8, 4) is 22.3 Å². The molecule has 0 saturated heterocycles. The lowest BCUT2D eigenvalue weighted by Gasteiger charge is -2.26. The molecule has 7 rings (SSSR count). The molecule has 0 aromatic heterocycles. The normalized spacial score (nSPS) is 11.1. The number of nitrogens with zero attached hydrogens (tertiary/aromatic N) is 1. The second-order valence-corrected chi connectivity index (χ2v) is 9.89. The lowest BCUT2D eigenvalue weighted by atomic mass is 9.98. The van der Waals surface area contributed by atoms with Crippen molar-refractivity contribution in [2.45, 2.75) is 0 Å². The van der Waals surface area contributed by atoms with Gasteiger partial charge in [0.2, 0.25) is 0 Å². The second kappa shape index (κ2) is 9.96. The fourth-order valence-electron chi connectivity index (χ4n) is 5.38. The fraction of sp³-hybridized carbons (Fsp3) is 0. The molecule has 0 saturated carbocycles. The summed E-state index contributed by atoms with van der Waals surface area (Å²) in [4.78, 5) is 2.32. The van der Waals surface area contributed by atoms with E-state index >= 15 is 0 Å². The molecule has 184 valence electrons. The minimum Gasteiger partial charge on any atom is -0.310 e. The SMILES string of the molecule is c1ccc(-c2ccc(N(c3ccccc3)c3ccc4cc(-c5ccc6ccccc6c5)ccc4c3)cc2)cc1. The summed E-state index contributed by atoms with van der Waals surface area (Å²) >= 11 is 0.